The molecule has 1 aromatic rings. The van der Waals surface area contributed by atoms with Gasteiger partial charge < -0.3 is 5.32 Å². The van der Waals surface area contributed by atoms with Crippen LogP contribution in [0.4, 0.5) is 5.69 Å². The van der Waals surface area contributed by atoms with Gasteiger partial charge in [0.05, 0.1) is 21.0 Å². The third kappa shape index (κ3) is 3.09. The summed E-state index contributed by atoms with van der Waals surface area (Å²) in [7, 11) is -3.46. The molecule has 2 N–H and O–H groups in total. The molecule has 0 aliphatic carbocycles. The molecule has 1 aromatic carbocycles. The van der Waals surface area contributed by atoms with Crippen LogP contribution in [-0.2, 0) is 10.0 Å². The van der Waals surface area contributed by atoms with Gasteiger partial charge in [-0.25, -0.2) is 8.42 Å². The molecule has 1 heterocycles. The minimum atomic E-state index is -3.46. The van der Waals surface area contributed by atoms with Crippen LogP contribution in [-0.4, -0.2) is 26.8 Å². The van der Waals surface area contributed by atoms with E-state index in [1.165, 1.54) is 0 Å². The first-order valence-corrected chi connectivity index (χ1v) is 7.97. The maximum absolute atomic E-state index is 12.2. The number of piperidine rings is 1. The third-order valence-electron chi connectivity index (χ3n) is 2.90. The lowest BCUT2D eigenvalue weighted by Crippen LogP contribution is -2.41. The molecular formula is C11H14Cl2N2O2S. The Bertz CT molecular complexity index is 508. The highest BCUT2D eigenvalue weighted by molar-refractivity contribution is 7.93. The minimum absolute atomic E-state index is 0.256. The highest BCUT2D eigenvalue weighted by Gasteiger charge is 2.28. The maximum Gasteiger partial charge on any atom is 0.236 e. The van der Waals surface area contributed by atoms with E-state index >= 15 is 0 Å². The average molecular weight is 309 g/mol. The van der Waals surface area contributed by atoms with Gasteiger partial charge in [0.1, 0.15) is 0 Å². The van der Waals surface area contributed by atoms with E-state index in [1.54, 1.807) is 18.2 Å². The summed E-state index contributed by atoms with van der Waals surface area (Å²) in [6.45, 7) is 1.32. The van der Waals surface area contributed by atoms with Gasteiger partial charge in [-0.1, -0.05) is 29.3 Å². The van der Waals surface area contributed by atoms with Crippen LogP contribution in [0.3, 0.4) is 0 Å². The van der Waals surface area contributed by atoms with Crippen molar-refractivity contribution >= 4 is 38.9 Å². The van der Waals surface area contributed by atoms with E-state index in [4.69, 9.17) is 23.2 Å². The van der Waals surface area contributed by atoms with E-state index in [9.17, 15) is 8.42 Å². The molecule has 18 heavy (non-hydrogen) atoms. The van der Waals surface area contributed by atoms with Crippen LogP contribution in [0, 0.1) is 0 Å². The van der Waals surface area contributed by atoms with E-state index in [-0.39, 0.29) is 5.69 Å². The molecule has 1 unspecified atom stereocenters. The van der Waals surface area contributed by atoms with Gasteiger partial charge in [-0.3, -0.25) is 4.72 Å². The number of anilines is 1. The van der Waals surface area contributed by atoms with Gasteiger partial charge in [-0.15, -0.1) is 0 Å². The number of hydrogen-bond donors (Lipinski definition) is 2. The van der Waals surface area contributed by atoms with Gasteiger partial charge in [0.2, 0.25) is 10.0 Å². The normalized spacial score (nSPS) is 20.7. The number of halogens is 2. The first kappa shape index (κ1) is 13.9. The third-order valence-corrected chi connectivity index (χ3v) is 5.30. The van der Waals surface area contributed by atoms with Crippen LogP contribution in [0.1, 0.15) is 12.8 Å². The lowest BCUT2D eigenvalue weighted by molar-refractivity contribution is 0.499. The molecule has 4 nitrogen and oxygen atoms in total. The fraction of sp³-hybridized carbons (Fsp3) is 0.455. The second kappa shape index (κ2) is 5.65. The van der Waals surface area contributed by atoms with E-state index in [0.717, 1.165) is 13.0 Å². The lowest BCUT2D eigenvalue weighted by atomic mass is 10.2. The van der Waals surface area contributed by atoms with Crippen LogP contribution < -0.4 is 10.0 Å². The fourth-order valence-corrected chi connectivity index (χ4v) is 3.99. The Balaban J connectivity index is 2.22. The van der Waals surface area contributed by atoms with Gasteiger partial charge >= 0.3 is 0 Å². The summed E-state index contributed by atoms with van der Waals surface area (Å²) in [6, 6.07) is 4.87. The zero-order chi connectivity index (χ0) is 13.2. The Kier molecular flexibility index (Phi) is 4.37. The van der Waals surface area contributed by atoms with Crippen molar-refractivity contribution in [3.05, 3.63) is 28.2 Å². The number of para-hydroxylation sites is 1. The second-order valence-corrected chi connectivity index (χ2v) is 6.99. The lowest BCUT2D eigenvalue weighted by Gasteiger charge is -2.23. The molecule has 1 aliphatic rings. The van der Waals surface area contributed by atoms with Crippen molar-refractivity contribution in [2.45, 2.75) is 18.1 Å². The van der Waals surface area contributed by atoms with Crippen LogP contribution >= 0.6 is 23.2 Å². The first-order valence-electron chi connectivity index (χ1n) is 5.67. The van der Waals surface area contributed by atoms with E-state index in [2.05, 4.69) is 10.0 Å². The zero-order valence-corrected chi connectivity index (χ0v) is 11.9. The summed E-state index contributed by atoms with van der Waals surface area (Å²) in [4.78, 5) is 0. The SMILES string of the molecule is O=S(=O)(Nc1c(Cl)cccc1Cl)C1CCCNC1. The van der Waals surface area contributed by atoms with E-state index in [1.807, 2.05) is 0 Å². The van der Waals surface area contributed by atoms with Crippen molar-refractivity contribution in [2.75, 3.05) is 17.8 Å². The molecule has 0 amide bonds. The molecule has 0 radical (unpaired) electrons. The molecule has 100 valence electrons. The molecule has 1 aliphatic heterocycles. The molecule has 0 bridgehead atoms. The monoisotopic (exact) mass is 308 g/mol. The average Bonchev–Trinajstić information content (AvgIpc) is 2.35. The number of nitrogens with one attached hydrogen (secondary N) is 2. The van der Waals surface area contributed by atoms with Crippen molar-refractivity contribution < 1.29 is 8.42 Å². The molecule has 1 fully saturated rings. The summed E-state index contributed by atoms with van der Waals surface area (Å²) in [5.41, 5.74) is 0.256. The molecule has 2 rings (SSSR count). The maximum atomic E-state index is 12.2. The minimum Gasteiger partial charge on any atom is -0.315 e. The first-order chi connectivity index (χ1) is 8.50. The smallest absolute Gasteiger partial charge is 0.236 e. The van der Waals surface area contributed by atoms with Crippen LogP contribution in [0.15, 0.2) is 18.2 Å². The van der Waals surface area contributed by atoms with Gasteiger partial charge in [0.25, 0.3) is 0 Å². The van der Waals surface area contributed by atoms with Gasteiger partial charge in [0, 0.05) is 6.54 Å². The van der Waals surface area contributed by atoms with Crippen molar-refractivity contribution in [3.8, 4) is 0 Å². The van der Waals surface area contributed by atoms with Crippen LogP contribution in [0.25, 0.3) is 0 Å². The summed E-state index contributed by atoms with van der Waals surface area (Å²) < 4.78 is 26.9. The fourth-order valence-electron chi connectivity index (χ4n) is 1.91. The van der Waals surface area contributed by atoms with Crippen molar-refractivity contribution in [2.24, 2.45) is 0 Å². The highest BCUT2D eigenvalue weighted by atomic mass is 35.5. The highest BCUT2D eigenvalue weighted by Crippen LogP contribution is 2.31. The standard InChI is InChI=1S/C11H14Cl2N2O2S/c12-9-4-1-5-10(13)11(9)15-18(16,17)8-3-2-6-14-7-8/h1,4-5,8,14-15H,2-3,6-7H2. The molecule has 0 spiro atoms. The number of hydrogen-bond acceptors (Lipinski definition) is 3. The zero-order valence-electron chi connectivity index (χ0n) is 9.62. The van der Waals surface area contributed by atoms with Crippen molar-refractivity contribution in [1.29, 1.82) is 0 Å². The second-order valence-electron chi connectivity index (χ2n) is 4.21. The summed E-state index contributed by atoms with van der Waals surface area (Å²) in [6.07, 6.45) is 1.49. The molecular weight excluding hydrogens is 295 g/mol. The largest absolute Gasteiger partial charge is 0.315 e. The predicted molar refractivity (Wildman–Crippen MR) is 74.9 cm³/mol. The van der Waals surface area contributed by atoms with Gasteiger partial charge in [0.15, 0.2) is 0 Å². The topological polar surface area (TPSA) is 58.2 Å². The molecule has 7 heteroatoms. The molecule has 1 saturated heterocycles. The number of sulfonamides is 1. The van der Waals surface area contributed by atoms with Crippen molar-refractivity contribution in [1.82, 2.24) is 5.32 Å². The predicted octanol–water partition coefficient (Wildman–Crippen LogP) is 2.49. The summed E-state index contributed by atoms with van der Waals surface area (Å²) in [5, 5.41) is 3.23. The van der Waals surface area contributed by atoms with Crippen LogP contribution in [0.5, 0.6) is 0 Å². The van der Waals surface area contributed by atoms with E-state index < -0.39 is 15.3 Å². The summed E-state index contributed by atoms with van der Waals surface area (Å²) >= 11 is 11.9. The molecule has 0 saturated carbocycles. The Morgan fingerprint density at radius 1 is 1.28 bits per heavy atom. The quantitative estimate of drug-likeness (QED) is 0.902. The molecule has 0 aromatic heterocycles. The Morgan fingerprint density at radius 2 is 1.94 bits per heavy atom. The molecule has 1 atom stereocenters. The van der Waals surface area contributed by atoms with Crippen LogP contribution in [0.2, 0.25) is 10.0 Å². The van der Waals surface area contributed by atoms with Crippen molar-refractivity contribution in [3.63, 3.8) is 0 Å². The van der Waals surface area contributed by atoms with Gasteiger partial charge in [-0.05, 0) is 31.5 Å². The van der Waals surface area contributed by atoms with E-state index in [0.29, 0.717) is 23.0 Å². The number of benzene rings is 1. The Morgan fingerprint density at radius 3 is 2.50 bits per heavy atom. The summed E-state index contributed by atoms with van der Waals surface area (Å²) in [5.74, 6) is 0. The van der Waals surface area contributed by atoms with Gasteiger partial charge in [-0.2, -0.15) is 0 Å². The Labute approximate surface area is 117 Å². The Hall–Kier alpha value is -0.490. The number of rotatable bonds is 3.